The molecule has 1 amide bonds. The highest BCUT2D eigenvalue weighted by Crippen LogP contribution is 2.31. The Kier molecular flexibility index (Phi) is 6.13. The number of nitrogens with one attached hydrogen (secondary N) is 1. The molecule has 0 saturated carbocycles. The smallest absolute Gasteiger partial charge is 0.267 e. The number of piperazine rings is 1. The lowest BCUT2D eigenvalue weighted by Gasteiger charge is -2.39. The van der Waals surface area contributed by atoms with E-state index in [0.29, 0.717) is 49.5 Å². The maximum Gasteiger partial charge on any atom is 0.267 e. The summed E-state index contributed by atoms with van der Waals surface area (Å²) in [5, 5.41) is 3.17. The number of nitrogens with zero attached hydrogens (tertiary/aromatic N) is 5. The van der Waals surface area contributed by atoms with E-state index in [0.717, 1.165) is 5.69 Å². The van der Waals surface area contributed by atoms with Crippen LogP contribution in [0, 0.1) is 0 Å². The third kappa shape index (κ3) is 4.72. The van der Waals surface area contributed by atoms with Gasteiger partial charge in [-0.15, -0.1) is 0 Å². The van der Waals surface area contributed by atoms with E-state index in [1.807, 2.05) is 66.4 Å². The Morgan fingerprint density at radius 1 is 1.00 bits per heavy atom. The SMILES string of the molecule is C[C@H](c1nc(N)nc(Nc2ccccc2)n1)N1CCN(C(=O)[C@H]2COc3ccccc3O2)CC1. The zero-order valence-corrected chi connectivity index (χ0v) is 18.9. The molecule has 0 spiro atoms. The summed E-state index contributed by atoms with van der Waals surface area (Å²) in [5.74, 6) is 2.38. The van der Waals surface area contributed by atoms with Crippen LogP contribution >= 0.6 is 0 Å². The van der Waals surface area contributed by atoms with E-state index >= 15 is 0 Å². The van der Waals surface area contributed by atoms with E-state index in [1.54, 1.807) is 0 Å². The molecule has 3 aromatic rings. The second-order valence-electron chi connectivity index (χ2n) is 8.27. The zero-order valence-electron chi connectivity index (χ0n) is 18.9. The van der Waals surface area contributed by atoms with Gasteiger partial charge in [0.15, 0.2) is 17.3 Å². The number of ether oxygens (including phenoxy) is 2. The van der Waals surface area contributed by atoms with Gasteiger partial charge in [-0.1, -0.05) is 30.3 Å². The maximum atomic E-state index is 13.0. The van der Waals surface area contributed by atoms with Crippen molar-refractivity contribution < 1.29 is 14.3 Å². The highest BCUT2D eigenvalue weighted by Gasteiger charge is 2.34. The Bertz CT molecular complexity index is 1150. The largest absolute Gasteiger partial charge is 0.485 e. The summed E-state index contributed by atoms with van der Waals surface area (Å²) in [6.07, 6.45) is -0.631. The topological polar surface area (TPSA) is 119 Å². The van der Waals surface area contributed by atoms with Crippen molar-refractivity contribution in [2.24, 2.45) is 0 Å². The summed E-state index contributed by atoms with van der Waals surface area (Å²) in [7, 11) is 0. The van der Waals surface area contributed by atoms with Crippen molar-refractivity contribution in [2.45, 2.75) is 19.1 Å². The number of amides is 1. The fraction of sp³-hybridized carbons (Fsp3) is 0.333. The lowest BCUT2D eigenvalue weighted by Crippen LogP contribution is -2.54. The molecule has 5 rings (SSSR count). The molecule has 2 aliphatic rings. The molecule has 0 aliphatic carbocycles. The Morgan fingerprint density at radius 2 is 1.71 bits per heavy atom. The van der Waals surface area contributed by atoms with Crippen LogP contribution in [0.3, 0.4) is 0 Å². The summed E-state index contributed by atoms with van der Waals surface area (Å²) in [4.78, 5) is 30.2. The first-order valence-corrected chi connectivity index (χ1v) is 11.3. The van der Waals surface area contributed by atoms with Crippen LogP contribution in [0.25, 0.3) is 0 Å². The molecule has 10 nitrogen and oxygen atoms in total. The molecule has 0 bridgehead atoms. The van der Waals surface area contributed by atoms with E-state index in [4.69, 9.17) is 15.2 Å². The number of para-hydroxylation sites is 3. The van der Waals surface area contributed by atoms with Crippen LogP contribution in [0.4, 0.5) is 17.6 Å². The average Bonchev–Trinajstić information content (AvgIpc) is 2.88. The number of anilines is 3. The minimum atomic E-state index is -0.631. The van der Waals surface area contributed by atoms with E-state index in [-0.39, 0.29) is 24.5 Å². The molecule has 2 atom stereocenters. The second-order valence-corrected chi connectivity index (χ2v) is 8.27. The Balaban J connectivity index is 1.20. The average molecular weight is 462 g/mol. The van der Waals surface area contributed by atoms with Gasteiger partial charge < -0.3 is 25.4 Å². The number of fused-ring (bicyclic) bond motifs is 1. The third-order valence-electron chi connectivity index (χ3n) is 6.03. The summed E-state index contributed by atoms with van der Waals surface area (Å²) < 4.78 is 11.6. The normalized spacial score (nSPS) is 18.9. The van der Waals surface area contributed by atoms with E-state index in [9.17, 15) is 4.79 Å². The Morgan fingerprint density at radius 3 is 2.47 bits per heavy atom. The van der Waals surface area contributed by atoms with Crippen molar-refractivity contribution in [2.75, 3.05) is 43.8 Å². The fourth-order valence-electron chi connectivity index (χ4n) is 4.14. The number of hydrogen-bond acceptors (Lipinski definition) is 9. The molecule has 176 valence electrons. The first kappa shape index (κ1) is 21.9. The van der Waals surface area contributed by atoms with Crippen LogP contribution in [0.1, 0.15) is 18.8 Å². The summed E-state index contributed by atoms with van der Waals surface area (Å²) >= 11 is 0. The van der Waals surface area contributed by atoms with Crippen molar-refractivity contribution in [3.63, 3.8) is 0 Å². The molecular weight excluding hydrogens is 434 g/mol. The molecule has 10 heteroatoms. The summed E-state index contributed by atoms with van der Waals surface area (Å²) in [5.41, 5.74) is 6.83. The van der Waals surface area contributed by atoms with Crippen LogP contribution in [-0.2, 0) is 4.79 Å². The fourth-order valence-corrected chi connectivity index (χ4v) is 4.14. The van der Waals surface area contributed by atoms with Crippen LogP contribution < -0.4 is 20.5 Å². The molecule has 3 heterocycles. The van der Waals surface area contributed by atoms with Gasteiger partial charge in [-0.2, -0.15) is 15.0 Å². The zero-order chi connectivity index (χ0) is 23.5. The first-order valence-electron chi connectivity index (χ1n) is 11.3. The number of carbonyl (C=O) groups excluding carboxylic acids is 1. The summed E-state index contributed by atoms with van der Waals surface area (Å²) in [6, 6.07) is 17.0. The minimum Gasteiger partial charge on any atom is -0.485 e. The summed E-state index contributed by atoms with van der Waals surface area (Å²) in [6.45, 7) is 4.79. The van der Waals surface area contributed by atoms with Gasteiger partial charge in [0.2, 0.25) is 18.0 Å². The number of hydrogen-bond donors (Lipinski definition) is 2. The van der Waals surface area contributed by atoms with E-state index in [1.165, 1.54) is 0 Å². The highest BCUT2D eigenvalue weighted by molar-refractivity contribution is 5.82. The third-order valence-corrected chi connectivity index (χ3v) is 6.03. The predicted octanol–water partition coefficient (Wildman–Crippen LogP) is 2.24. The van der Waals surface area contributed by atoms with Gasteiger partial charge in [0.05, 0.1) is 6.04 Å². The van der Waals surface area contributed by atoms with Crippen molar-refractivity contribution in [1.82, 2.24) is 24.8 Å². The molecule has 1 fully saturated rings. The molecule has 2 aliphatic heterocycles. The molecule has 3 N–H and O–H groups in total. The van der Waals surface area contributed by atoms with E-state index < -0.39 is 6.10 Å². The number of benzene rings is 2. The minimum absolute atomic E-state index is 0.0550. The van der Waals surface area contributed by atoms with Gasteiger partial charge in [-0.25, -0.2) is 0 Å². The van der Waals surface area contributed by atoms with Gasteiger partial charge >= 0.3 is 0 Å². The standard InChI is InChI=1S/C24H27N7O3/c1-16(21-27-23(25)29-24(28-21)26-17-7-3-2-4-8-17)30-11-13-31(14-12-30)22(32)20-15-33-18-9-5-6-10-19(18)34-20/h2-10,16,20H,11-15H2,1H3,(H3,25,26,27,28,29)/t16-,20-/m1/s1. The van der Waals surface area contributed by atoms with Crippen molar-refractivity contribution in [3.05, 3.63) is 60.4 Å². The molecular formula is C24H27N7O3. The predicted molar refractivity (Wildman–Crippen MR) is 127 cm³/mol. The molecule has 34 heavy (non-hydrogen) atoms. The number of nitrogen functional groups attached to an aromatic ring is 1. The van der Waals surface area contributed by atoms with Crippen molar-refractivity contribution in [1.29, 1.82) is 0 Å². The molecule has 1 aromatic heterocycles. The van der Waals surface area contributed by atoms with Crippen molar-refractivity contribution in [3.8, 4) is 11.5 Å². The number of carbonyl (C=O) groups is 1. The maximum absolute atomic E-state index is 13.0. The van der Waals surface area contributed by atoms with E-state index in [2.05, 4.69) is 25.2 Å². The Hall–Kier alpha value is -3.92. The van der Waals surface area contributed by atoms with Gasteiger partial charge in [0, 0.05) is 31.9 Å². The van der Waals surface area contributed by atoms with Crippen LogP contribution in [0.5, 0.6) is 11.5 Å². The lowest BCUT2D eigenvalue weighted by molar-refractivity contribution is -0.143. The Labute approximate surface area is 197 Å². The molecule has 0 unspecified atom stereocenters. The number of aromatic nitrogens is 3. The van der Waals surface area contributed by atoms with Crippen LogP contribution in [-0.4, -0.2) is 69.5 Å². The first-order chi connectivity index (χ1) is 16.6. The molecule has 1 saturated heterocycles. The monoisotopic (exact) mass is 461 g/mol. The van der Waals surface area contributed by atoms with Crippen LogP contribution in [0.2, 0.25) is 0 Å². The molecule has 0 radical (unpaired) electrons. The number of nitrogens with two attached hydrogens (primary N) is 1. The lowest BCUT2D eigenvalue weighted by atomic mass is 10.2. The van der Waals surface area contributed by atoms with Crippen molar-refractivity contribution >= 4 is 23.5 Å². The number of rotatable bonds is 5. The van der Waals surface area contributed by atoms with Gasteiger partial charge in [0.25, 0.3) is 5.91 Å². The second kappa shape index (κ2) is 9.52. The van der Waals surface area contributed by atoms with Gasteiger partial charge in [-0.3, -0.25) is 9.69 Å². The molecule has 2 aromatic carbocycles. The van der Waals surface area contributed by atoms with Crippen LogP contribution in [0.15, 0.2) is 54.6 Å². The van der Waals surface area contributed by atoms with Gasteiger partial charge in [-0.05, 0) is 31.2 Å². The highest BCUT2D eigenvalue weighted by atomic mass is 16.6. The van der Waals surface area contributed by atoms with Gasteiger partial charge in [0.1, 0.15) is 6.61 Å². The quantitative estimate of drug-likeness (QED) is 0.590.